The summed E-state index contributed by atoms with van der Waals surface area (Å²) in [5.41, 5.74) is 17.2. The van der Waals surface area contributed by atoms with Gasteiger partial charge in [-0.15, -0.1) is 0 Å². The molecule has 0 fully saturated rings. The van der Waals surface area contributed by atoms with Gasteiger partial charge in [0.05, 0.1) is 0 Å². The topological polar surface area (TPSA) is 43.3 Å². The summed E-state index contributed by atoms with van der Waals surface area (Å²) in [5, 5.41) is 0. The van der Waals surface area contributed by atoms with E-state index in [1.807, 2.05) is 0 Å². The van der Waals surface area contributed by atoms with Gasteiger partial charge in [-0.3, -0.25) is 0 Å². The second-order valence-electron chi connectivity index (χ2n) is 7.66. The van der Waals surface area contributed by atoms with Crippen LogP contribution in [-0.2, 0) is 0 Å². The van der Waals surface area contributed by atoms with Crippen LogP contribution < -0.4 is 5.73 Å². The Bertz CT molecular complexity index is 927. The SMILES string of the molecule is CCC(CCN)c1cc(C)nc2c(-c3c(C)cc(C)cc3C)c(C)cn12. The van der Waals surface area contributed by atoms with E-state index in [0.29, 0.717) is 12.5 Å². The number of hydrogen-bond donors (Lipinski definition) is 1. The third-order valence-electron chi connectivity index (χ3n) is 5.44. The molecule has 0 aliphatic rings. The van der Waals surface area contributed by atoms with Crippen molar-refractivity contribution in [3.05, 3.63) is 58.0 Å². The average Bonchev–Trinajstić information content (AvgIpc) is 2.88. The summed E-state index contributed by atoms with van der Waals surface area (Å²) in [6.45, 7) is 13.8. The molecule has 3 aromatic rings. The highest BCUT2D eigenvalue weighted by molar-refractivity contribution is 5.85. The van der Waals surface area contributed by atoms with Crippen LogP contribution in [0.2, 0.25) is 0 Å². The largest absolute Gasteiger partial charge is 0.330 e. The van der Waals surface area contributed by atoms with Crippen molar-refractivity contribution >= 4 is 5.65 Å². The number of benzene rings is 1. The standard InChI is InChI=1S/C23H31N3/c1-7-19(8-9-24)20-12-18(6)25-23-22(17(5)13-26(20)23)21-15(3)10-14(2)11-16(21)4/h10-13,19H,7-9,24H2,1-6H3. The Morgan fingerprint density at radius 1 is 0.962 bits per heavy atom. The Morgan fingerprint density at radius 3 is 2.19 bits per heavy atom. The average molecular weight is 350 g/mol. The zero-order valence-corrected chi connectivity index (χ0v) is 17.0. The minimum absolute atomic E-state index is 0.462. The summed E-state index contributed by atoms with van der Waals surface area (Å²) in [6.07, 6.45) is 4.35. The van der Waals surface area contributed by atoms with E-state index in [2.05, 4.69) is 70.3 Å². The molecule has 0 aliphatic carbocycles. The lowest BCUT2D eigenvalue weighted by Gasteiger charge is -2.18. The smallest absolute Gasteiger partial charge is 0.145 e. The fourth-order valence-electron chi connectivity index (χ4n) is 4.37. The van der Waals surface area contributed by atoms with Crippen LogP contribution in [0.4, 0.5) is 0 Å². The van der Waals surface area contributed by atoms with Gasteiger partial charge in [0.2, 0.25) is 0 Å². The van der Waals surface area contributed by atoms with Gasteiger partial charge in [0.15, 0.2) is 0 Å². The van der Waals surface area contributed by atoms with E-state index >= 15 is 0 Å². The molecule has 0 amide bonds. The number of aromatic nitrogens is 2. The minimum Gasteiger partial charge on any atom is -0.330 e. The zero-order chi connectivity index (χ0) is 19.0. The van der Waals surface area contributed by atoms with Gasteiger partial charge in [-0.1, -0.05) is 24.6 Å². The molecule has 0 bridgehead atoms. The second kappa shape index (κ2) is 7.24. The maximum absolute atomic E-state index is 5.88. The van der Waals surface area contributed by atoms with E-state index in [1.165, 1.54) is 39.1 Å². The van der Waals surface area contributed by atoms with Crippen LogP contribution in [0, 0.1) is 34.6 Å². The summed E-state index contributed by atoms with van der Waals surface area (Å²) in [5.74, 6) is 0.462. The van der Waals surface area contributed by atoms with Crippen molar-refractivity contribution in [1.82, 2.24) is 9.38 Å². The van der Waals surface area contributed by atoms with Gasteiger partial charge in [0, 0.05) is 29.1 Å². The van der Waals surface area contributed by atoms with Gasteiger partial charge in [-0.25, -0.2) is 4.98 Å². The first-order valence-electron chi connectivity index (χ1n) is 9.64. The normalized spacial score (nSPS) is 12.7. The van der Waals surface area contributed by atoms with Crippen LogP contribution in [0.25, 0.3) is 16.8 Å². The number of aryl methyl sites for hydroxylation is 5. The molecule has 138 valence electrons. The minimum atomic E-state index is 0.462. The van der Waals surface area contributed by atoms with Crippen molar-refractivity contribution in [2.45, 2.75) is 60.3 Å². The second-order valence-corrected chi connectivity index (χ2v) is 7.66. The molecule has 3 heteroatoms. The summed E-state index contributed by atoms with van der Waals surface area (Å²) in [7, 11) is 0. The van der Waals surface area contributed by atoms with Crippen LogP contribution in [0.5, 0.6) is 0 Å². The number of rotatable bonds is 5. The quantitative estimate of drug-likeness (QED) is 0.671. The van der Waals surface area contributed by atoms with Gasteiger partial charge in [0.1, 0.15) is 5.65 Å². The highest BCUT2D eigenvalue weighted by atomic mass is 15.0. The van der Waals surface area contributed by atoms with E-state index in [9.17, 15) is 0 Å². The van der Waals surface area contributed by atoms with E-state index in [1.54, 1.807) is 0 Å². The van der Waals surface area contributed by atoms with Gasteiger partial charge in [-0.05, 0) is 82.3 Å². The van der Waals surface area contributed by atoms with Crippen molar-refractivity contribution < 1.29 is 0 Å². The maximum Gasteiger partial charge on any atom is 0.145 e. The predicted octanol–water partition coefficient (Wildman–Crippen LogP) is 5.39. The zero-order valence-electron chi connectivity index (χ0n) is 17.0. The van der Waals surface area contributed by atoms with Gasteiger partial charge >= 0.3 is 0 Å². The van der Waals surface area contributed by atoms with Crippen molar-refractivity contribution in [1.29, 1.82) is 0 Å². The van der Waals surface area contributed by atoms with Crippen molar-refractivity contribution in [2.75, 3.05) is 6.54 Å². The van der Waals surface area contributed by atoms with Crippen molar-refractivity contribution in [2.24, 2.45) is 5.73 Å². The molecule has 3 rings (SSSR count). The molecule has 0 spiro atoms. The van der Waals surface area contributed by atoms with Crippen LogP contribution >= 0.6 is 0 Å². The van der Waals surface area contributed by atoms with E-state index in [4.69, 9.17) is 10.7 Å². The van der Waals surface area contributed by atoms with E-state index < -0.39 is 0 Å². The first kappa shape index (κ1) is 18.7. The lowest BCUT2D eigenvalue weighted by atomic mass is 9.93. The fourth-order valence-corrected chi connectivity index (χ4v) is 4.37. The summed E-state index contributed by atoms with van der Waals surface area (Å²) >= 11 is 0. The van der Waals surface area contributed by atoms with Crippen LogP contribution in [0.3, 0.4) is 0 Å². The molecule has 1 unspecified atom stereocenters. The molecular weight excluding hydrogens is 318 g/mol. The Balaban J connectivity index is 2.33. The maximum atomic E-state index is 5.88. The third-order valence-corrected chi connectivity index (χ3v) is 5.44. The van der Waals surface area contributed by atoms with E-state index in [-0.39, 0.29) is 0 Å². The molecule has 0 saturated carbocycles. The molecule has 0 aliphatic heterocycles. The Labute approximate surface area is 157 Å². The molecule has 0 saturated heterocycles. The monoisotopic (exact) mass is 349 g/mol. The van der Waals surface area contributed by atoms with Crippen LogP contribution in [-0.4, -0.2) is 15.9 Å². The Kier molecular flexibility index (Phi) is 5.19. The van der Waals surface area contributed by atoms with E-state index in [0.717, 1.165) is 24.2 Å². The fraction of sp³-hybridized carbons (Fsp3) is 0.435. The first-order chi connectivity index (χ1) is 12.4. The molecule has 26 heavy (non-hydrogen) atoms. The van der Waals surface area contributed by atoms with Gasteiger partial charge in [-0.2, -0.15) is 0 Å². The number of nitrogens with two attached hydrogens (primary N) is 1. The molecule has 1 aromatic carbocycles. The Hall–Kier alpha value is -2.13. The van der Waals surface area contributed by atoms with Gasteiger partial charge in [0.25, 0.3) is 0 Å². The number of fused-ring (bicyclic) bond motifs is 1. The third kappa shape index (κ3) is 3.16. The summed E-state index contributed by atoms with van der Waals surface area (Å²) < 4.78 is 2.31. The molecule has 2 heterocycles. The molecule has 2 N–H and O–H groups in total. The molecule has 1 atom stereocenters. The molecule has 3 nitrogen and oxygen atoms in total. The predicted molar refractivity (Wildman–Crippen MR) is 111 cm³/mol. The first-order valence-corrected chi connectivity index (χ1v) is 9.64. The summed E-state index contributed by atoms with van der Waals surface area (Å²) in [4.78, 5) is 4.95. The van der Waals surface area contributed by atoms with Crippen LogP contribution in [0.15, 0.2) is 24.4 Å². The molecule has 0 radical (unpaired) electrons. The highest BCUT2D eigenvalue weighted by Crippen LogP contribution is 2.36. The van der Waals surface area contributed by atoms with Crippen LogP contribution in [0.1, 0.15) is 59.3 Å². The molecule has 2 aromatic heterocycles. The van der Waals surface area contributed by atoms with Crippen molar-refractivity contribution in [3.8, 4) is 11.1 Å². The number of hydrogen-bond acceptors (Lipinski definition) is 2. The Morgan fingerprint density at radius 2 is 1.62 bits per heavy atom. The number of nitrogens with zero attached hydrogens (tertiary/aromatic N) is 2. The molecular formula is C23H31N3. The van der Waals surface area contributed by atoms with Gasteiger partial charge < -0.3 is 10.1 Å². The highest BCUT2D eigenvalue weighted by Gasteiger charge is 2.20. The van der Waals surface area contributed by atoms with Crippen molar-refractivity contribution in [3.63, 3.8) is 0 Å². The summed E-state index contributed by atoms with van der Waals surface area (Å²) in [6, 6.07) is 6.77. The lowest BCUT2D eigenvalue weighted by Crippen LogP contribution is -2.11. The lowest BCUT2D eigenvalue weighted by molar-refractivity contribution is 0.590.